The average molecular weight is 484 g/mol. The number of piperazine rings is 1. The molecule has 2 fully saturated rings. The first-order valence-electron chi connectivity index (χ1n) is 12.1. The van der Waals surface area contributed by atoms with E-state index in [0.29, 0.717) is 24.2 Å². The summed E-state index contributed by atoms with van der Waals surface area (Å²) in [5.41, 5.74) is 1.10. The van der Waals surface area contributed by atoms with Crippen molar-refractivity contribution in [2.75, 3.05) is 29.4 Å². The van der Waals surface area contributed by atoms with E-state index in [9.17, 15) is 9.59 Å². The van der Waals surface area contributed by atoms with Gasteiger partial charge >= 0.3 is 6.09 Å². The number of amides is 2. The Labute approximate surface area is 207 Å². The molecule has 4 rings (SSSR count). The first-order chi connectivity index (χ1) is 16.2. The average Bonchev–Trinajstić information content (AvgIpc) is 2.80. The Morgan fingerprint density at radius 2 is 1.62 bits per heavy atom. The summed E-state index contributed by atoms with van der Waals surface area (Å²) < 4.78 is 5.74. The molecule has 182 valence electrons. The van der Waals surface area contributed by atoms with Gasteiger partial charge in [0.05, 0.1) is 17.3 Å². The predicted octanol–water partition coefficient (Wildman–Crippen LogP) is 5.74. The molecule has 1 saturated heterocycles. The Bertz CT molecular complexity index is 1000. The summed E-state index contributed by atoms with van der Waals surface area (Å²) in [6.07, 6.45) is 3.33. The second kappa shape index (κ2) is 10.4. The van der Waals surface area contributed by atoms with Crippen LogP contribution in [0.1, 0.15) is 46.5 Å². The van der Waals surface area contributed by atoms with E-state index in [1.807, 2.05) is 80.3 Å². The van der Waals surface area contributed by atoms with Gasteiger partial charge in [-0.05, 0) is 70.7 Å². The number of carbonyl (C=O) groups is 2. The van der Waals surface area contributed by atoms with Gasteiger partial charge < -0.3 is 9.64 Å². The molecule has 2 aromatic rings. The van der Waals surface area contributed by atoms with Crippen LogP contribution >= 0.6 is 11.6 Å². The summed E-state index contributed by atoms with van der Waals surface area (Å²) in [6.45, 7) is 7.53. The number of benzene rings is 2. The monoisotopic (exact) mass is 483 g/mol. The minimum absolute atomic E-state index is 0.0774. The summed E-state index contributed by atoms with van der Waals surface area (Å²) >= 11 is 6.32. The van der Waals surface area contributed by atoms with Crippen molar-refractivity contribution in [3.05, 3.63) is 59.6 Å². The number of rotatable bonds is 4. The number of nitrogens with zero attached hydrogens (tertiary/aromatic N) is 3. The lowest BCUT2D eigenvalue weighted by atomic mass is 9.88. The fourth-order valence-corrected chi connectivity index (χ4v) is 5.21. The molecular formula is C27H34ClN3O3. The van der Waals surface area contributed by atoms with Crippen LogP contribution in [0.4, 0.5) is 16.2 Å². The number of carbonyl (C=O) groups excluding carboxylic acids is 2. The molecule has 6 nitrogen and oxygen atoms in total. The van der Waals surface area contributed by atoms with Crippen LogP contribution in [0.25, 0.3) is 0 Å². The number of hydrogen-bond donors (Lipinski definition) is 0. The van der Waals surface area contributed by atoms with E-state index in [0.717, 1.165) is 43.6 Å². The lowest BCUT2D eigenvalue weighted by molar-refractivity contribution is -0.122. The van der Waals surface area contributed by atoms with Gasteiger partial charge in [-0.3, -0.25) is 14.6 Å². The van der Waals surface area contributed by atoms with Gasteiger partial charge in [-0.25, -0.2) is 4.79 Å². The van der Waals surface area contributed by atoms with Gasteiger partial charge in [0.15, 0.2) is 0 Å². The fraction of sp³-hybridized carbons (Fsp3) is 0.481. The zero-order valence-electron chi connectivity index (χ0n) is 20.2. The maximum Gasteiger partial charge on any atom is 0.415 e. The molecule has 34 heavy (non-hydrogen) atoms. The van der Waals surface area contributed by atoms with Gasteiger partial charge in [-0.2, -0.15) is 0 Å². The minimum Gasteiger partial charge on any atom is -0.443 e. The molecule has 1 saturated carbocycles. The molecule has 2 aliphatic rings. The number of halogens is 1. The summed E-state index contributed by atoms with van der Waals surface area (Å²) in [5, 5.41) is 0.605. The maximum atomic E-state index is 13.1. The van der Waals surface area contributed by atoms with E-state index in [4.69, 9.17) is 16.3 Å². The summed E-state index contributed by atoms with van der Waals surface area (Å²) in [7, 11) is 0. The second-order valence-electron chi connectivity index (χ2n) is 10.1. The fourth-order valence-electron chi connectivity index (χ4n) is 4.97. The van der Waals surface area contributed by atoms with E-state index in [1.54, 1.807) is 4.90 Å². The first kappa shape index (κ1) is 24.6. The maximum absolute atomic E-state index is 13.1. The molecule has 0 aromatic heterocycles. The Hall–Kier alpha value is -2.57. The van der Waals surface area contributed by atoms with Crippen molar-refractivity contribution in [3.8, 4) is 0 Å². The molecular weight excluding hydrogens is 450 g/mol. The summed E-state index contributed by atoms with van der Waals surface area (Å²) in [5.74, 6) is 0.0844. The summed E-state index contributed by atoms with van der Waals surface area (Å²) in [6, 6.07) is 17.7. The third-order valence-electron chi connectivity index (χ3n) is 6.57. The first-order valence-corrected chi connectivity index (χ1v) is 12.5. The van der Waals surface area contributed by atoms with Crippen molar-refractivity contribution in [2.24, 2.45) is 0 Å². The normalized spacial score (nSPS) is 21.9. The van der Waals surface area contributed by atoms with Gasteiger partial charge in [-0.1, -0.05) is 41.9 Å². The zero-order valence-corrected chi connectivity index (χ0v) is 21.0. The van der Waals surface area contributed by atoms with Gasteiger partial charge in [-0.15, -0.1) is 0 Å². The van der Waals surface area contributed by atoms with Crippen molar-refractivity contribution in [3.63, 3.8) is 0 Å². The van der Waals surface area contributed by atoms with Crippen LogP contribution in [-0.2, 0) is 9.53 Å². The Balaban J connectivity index is 1.39. The van der Waals surface area contributed by atoms with Gasteiger partial charge in [0, 0.05) is 30.9 Å². The lowest BCUT2D eigenvalue weighted by Gasteiger charge is -2.43. The summed E-state index contributed by atoms with van der Waals surface area (Å²) in [4.78, 5) is 32.0. The van der Waals surface area contributed by atoms with E-state index in [-0.39, 0.29) is 18.0 Å². The van der Waals surface area contributed by atoms with Crippen LogP contribution in [0, 0.1) is 0 Å². The number of hydrogen-bond acceptors (Lipinski definition) is 4. The third-order valence-corrected chi connectivity index (χ3v) is 6.89. The molecule has 1 aliphatic heterocycles. The van der Waals surface area contributed by atoms with Crippen molar-refractivity contribution in [1.82, 2.24) is 4.90 Å². The number of para-hydroxylation sites is 2. The van der Waals surface area contributed by atoms with Gasteiger partial charge in [0.2, 0.25) is 5.91 Å². The SMILES string of the molecule is CC(C)(C)OC(=O)N(c1ccccc1)[C@H]1CC[C@H](N2CCN(c3ccccc3Cl)C(=O)C2)CC1. The molecule has 1 heterocycles. The largest absolute Gasteiger partial charge is 0.443 e. The van der Waals surface area contributed by atoms with Crippen LogP contribution < -0.4 is 9.80 Å². The van der Waals surface area contributed by atoms with Gasteiger partial charge in [0.1, 0.15) is 5.60 Å². The molecule has 0 atom stereocenters. The number of anilines is 2. The Morgan fingerprint density at radius 1 is 0.971 bits per heavy atom. The predicted molar refractivity (Wildman–Crippen MR) is 137 cm³/mol. The molecule has 0 spiro atoms. The molecule has 0 unspecified atom stereocenters. The zero-order chi connectivity index (χ0) is 24.3. The smallest absolute Gasteiger partial charge is 0.415 e. The van der Waals surface area contributed by atoms with Crippen LogP contribution in [0.5, 0.6) is 0 Å². The van der Waals surface area contributed by atoms with Crippen LogP contribution in [0.2, 0.25) is 5.02 Å². The van der Waals surface area contributed by atoms with Crippen molar-refractivity contribution < 1.29 is 14.3 Å². The van der Waals surface area contributed by atoms with E-state index in [1.165, 1.54) is 0 Å². The van der Waals surface area contributed by atoms with Crippen LogP contribution in [-0.4, -0.2) is 54.2 Å². The molecule has 0 N–H and O–H groups in total. The van der Waals surface area contributed by atoms with Crippen molar-refractivity contribution in [2.45, 2.75) is 64.1 Å². The highest BCUT2D eigenvalue weighted by atomic mass is 35.5. The van der Waals surface area contributed by atoms with E-state index in [2.05, 4.69) is 4.90 Å². The number of ether oxygens (including phenoxy) is 1. The molecule has 0 bridgehead atoms. The standard InChI is InChI=1S/C27H34ClN3O3/c1-27(2,3)34-26(33)31(21-9-5-4-6-10-21)22-15-13-20(14-16-22)29-17-18-30(25(32)19-29)24-12-8-7-11-23(24)28/h4-12,20,22H,13-19H2,1-3H3/t20-,22-. The molecule has 2 amide bonds. The van der Waals surface area contributed by atoms with Crippen molar-refractivity contribution in [1.29, 1.82) is 0 Å². The third kappa shape index (κ3) is 5.73. The highest BCUT2D eigenvalue weighted by Crippen LogP contribution is 2.33. The topological polar surface area (TPSA) is 53.1 Å². The Kier molecular flexibility index (Phi) is 7.48. The van der Waals surface area contributed by atoms with Crippen molar-refractivity contribution >= 4 is 35.0 Å². The molecule has 0 radical (unpaired) electrons. The van der Waals surface area contributed by atoms with E-state index >= 15 is 0 Å². The van der Waals surface area contributed by atoms with Crippen LogP contribution in [0.3, 0.4) is 0 Å². The molecule has 2 aromatic carbocycles. The van der Waals surface area contributed by atoms with Crippen LogP contribution in [0.15, 0.2) is 54.6 Å². The quantitative estimate of drug-likeness (QED) is 0.556. The lowest BCUT2D eigenvalue weighted by Crippen LogP contribution is -2.55. The molecule has 7 heteroatoms. The van der Waals surface area contributed by atoms with Gasteiger partial charge in [0.25, 0.3) is 0 Å². The second-order valence-corrected chi connectivity index (χ2v) is 10.5. The van der Waals surface area contributed by atoms with E-state index < -0.39 is 5.60 Å². The Morgan fingerprint density at radius 3 is 2.24 bits per heavy atom. The minimum atomic E-state index is -0.553. The molecule has 1 aliphatic carbocycles. The highest BCUT2D eigenvalue weighted by molar-refractivity contribution is 6.33. The highest BCUT2D eigenvalue weighted by Gasteiger charge is 2.36.